The van der Waals surface area contributed by atoms with E-state index in [1.165, 1.54) is 11.6 Å². The first-order valence-corrected chi connectivity index (χ1v) is 6.44. The van der Waals surface area contributed by atoms with Gasteiger partial charge in [-0.3, -0.25) is 0 Å². The van der Waals surface area contributed by atoms with Gasteiger partial charge < -0.3 is 10.1 Å². The number of hydrogen-bond acceptors (Lipinski definition) is 2. The molecule has 0 saturated carbocycles. The molecule has 0 bridgehead atoms. The van der Waals surface area contributed by atoms with Gasteiger partial charge in [0.1, 0.15) is 11.6 Å². The number of hydrogen-bond donors (Lipinski definition) is 1. The summed E-state index contributed by atoms with van der Waals surface area (Å²) < 4.78 is 19.2. The van der Waals surface area contributed by atoms with E-state index < -0.39 is 0 Å². The van der Waals surface area contributed by atoms with Gasteiger partial charge in [-0.05, 0) is 35.7 Å². The maximum atomic E-state index is 13.9. The third-order valence-electron chi connectivity index (χ3n) is 3.62. The van der Waals surface area contributed by atoms with E-state index in [2.05, 4.69) is 5.32 Å². The predicted molar refractivity (Wildman–Crippen MR) is 72.9 cm³/mol. The molecule has 0 aliphatic carbocycles. The summed E-state index contributed by atoms with van der Waals surface area (Å²) in [4.78, 5) is 0. The Morgan fingerprint density at radius 3 is 2.79 bits per heavy atom. The summed E-state index contributed by atoms with van der Waals surface area (Å²) in [6.45, 7) is 0.846. The van der Waals surface area contributed by atoms with Gasteiger partial charge >= 0.3 is 0 Å². The van der Waals surface area contributed by atoms with Gasteiger partial charge in [0.25, 0.3) is 0 Å². The van der Waals surface area contributed by atoms with E-state index in [1.807, 2.05) is 30.3 Å². The summed E-state index contributed by atoms with van der Waals surface area (Å²) in [5.74, 6) is 0.691. The minimum Gasteiger partial charge on any atom is -0.497 e. The molecule has 1 aliphatic rings. The molecule has 1 unspecified atom stereocenters. The highest BCUT2D eigenvalue weighted by Gasteiger charge is 2.23. The van der Waals surface area contributed by atoms with Crippen LogP contribution in [-0.2, 0) is 6.42 Å². The molecule has 1 N–H and O–H groups in total. The molecule has 0 spiro atoms. The normalized spacial score (nSPS) is 17.9. The topological polar surface area (TPSA) is 21.3 Å². The molecular weight excluding hydrogens is 241 g/mol. The number of benzene rings is 2. The van der Waals surface area contributed by atoms with Crippen molar-refractivity contribution in [3.63, 3.8) is 0 Å². The van der Waals surface area contributed by atoms with Gasteiger partial charge in [0.15, 0.2) is 0 Å². The van der Waals surface area contributed by atoms with Crippen molar-refractivity contribution in [2.75, 3.05) is 13.7 Å². The summed E-state index contributed by atoms with van der Waals surface area (Å²) in [5, 5.41) is 3.39. The zero-order valence-corrected chi connectivity index (χ0v) is 10.8. The SMILES string of the molecule is COc1ccc2c(c1)CCNC2c1ccccc1F. The Balaban J connectivity index is 2.06. The van der Waals surface area contributed by atoms with Crippen LogP contribution in [0.25, 0.3) is 0 Å². The number of halogens is 1. The second-order valence-electron chi connectivity index (χ2n) is 4.72. The van der Waals surface area contributed by atoms with Crippen LogP contribution in [-0.4, -0.2) is 13.7 Å². The van der Waals surface area contributed by atoms with Crippen molar-refractivity contribution < 1.29 is 9.13 Å². The van der Waals surface area contributed by atoms with Gasteiger partial charge in [0.05, 0.1) is 13.2 Å². The smallest absolute Gasteiger partial charge is 0.128 e. The van der Waals surface area contributed by atoms with Crippen LogP contribution in [0.1, 0.15) is 22.7 Å². The number of methoxy groups -OCH3 is 1. The summed E-state index contributed by atoms with van der Waals surface area (Å²) >= 11 is 0. The molecule has 0 fully saturated rings. The van der Waals surface area contributed by atoms with E-state index in [4.69, 9.17) is 4.74 Å². The second kappa shape index (κ2) is 5.02. The molecule has 0 aromatic heterocycles. The van der Waals surface area contributed by atoms with Crippen LogP contribution in [0.3, 0.4) is 0 Å². The number of rotatable bonds is 2. The summed E-state index contributed by atoms with van der Waals surface area (Å²) in [6.07, 6.45) is 0.942. The summed E-state index contributed by atoms with van der Waals surface area (Å²) in [5.41, 5.74) is 3.07. The largest absolute Gasteiger partial charge is 0.497 e. The molecule has 1 heterocycles. The highest BCUT2D eigenvalue weighted by molar-refractivity contribution is 5.43. The molecule has 1 atom stereocenters. The first-order chi connectivity index (χ1) is 9.29. The molecule has 2 aromatic rings. The Bertz CT molecular complexity index is 597. The van der Waals surface area contributed by atoms with Crippen LogP contribution >= 0.6 is 0 Å². The fourth-order valence-corrected chi connectivity index (χ4v) is 2.66. The third-order valence-corrected chi connectivity index (χ3v) is 3.62. The average molecular weight is 257 g/mol. The van der Waals surface area contributed by atoms with Crippen LogP contribution in [0.15, 0.2) is 42.5 Å². The first-order valence-electron chi connectivity index (χ1n) is 6.44. The minimum atomic E-state index is -0.163. The van der Waals surface area contributed by atoms with Crippen LogP contribution in [0.5, 0.6) is 5.75 Å². The van der Waals surface area contributed by atoms with Gasteiger partial charge in [-0.15, -0.1) is 0 Å². The van der Waals surface area contributed by atoms with Crippen LogP contribution in [0.2, 0.25) is 0 Å². The molecule has 0 radical (unpaired) electrons. The molecule has 2 aromatic carbocycles. The van der Waals surface area contributed by atoms with Crippen molar-refractivity contribution in [3.05, 3.63) is 65.0 Å². The molecule has 19 heavy (non-hydrogen) atoms. The van der Waals surface area contributed by atoms with Gasteiger partial charge in [0.2, 0.25) is 0 Å². The molecular formula is C16H16FNO. The highest BCUT2D eigenvalue weighted by atomic mass is 19.1. The van der Waals surface area contributed by atoms with E-state index in [0.717, 1.165) is 24.3 Å². The quantitative estimate of drug-likeness (QED) is 0.892. The number of nitrogens with one attached hydrogen (secondary N) is 1. The number of ether oxygens (including phenoxy) is 1. The molecule has 98 valence electrons. The molecule has 2 nitrogen and oxygen atoms in total. The van der Waals surface area contributed by atoms with Crippen molar-refractivity contribution >= 4 is 0 Å². The van der Waals surface area contributed by atoms with Crippen molar-refractivity contribution in [3.8, 4) is 5.75 Å². The maximum Gasteiger partial charge on any atom is 0.128 e. The van der Waals surface area contributed by atoms with Gasteiger partial charge in [0, 0.05) is 12.1 Å². The molecule has 0 amide bonds. The monoisotopic (exact) mass is 257 g/mol. The molecule has 0 saturated heterocycles. The zero-order valence-electron chi connectivity index (χ0n) is 10.8. The lowest BCUT2D eigenvalue weighted by atomic mass is 9.89. The van der Waals surface area contributed by atoms with Crippen molar-refractivity contribution in [2.24, 2.45) is 0 Å². The maximum absolute atomic E-state index is 13.9. The zero-order chi connectivity index (χ0) is 13.2. The van der Waals surface area contributed by atoms with Crippen molar-refractivity contribution in [2.45, 2.75) is 12.5 Å². The highest BCUT2D eigenvalue weighted by Crippen LogP contribution is 2.32. The lowest BCUT2D eigenvalue weighted by Gasteiger charge is -2.28. The van der Waals surface area contributed by atoms with Crippen molar-refractivity contribution in [1.29, 1.82) is 0 Å². The van der Waals surface area contributed by atoms with Crippen LogP contribution < -0.4 is 10.1 Å². The minimum absolute atomic E-state index is 0.0733. The number of fused-ring (bicyclic) bond motifs is 1. The van der Waals surface area contributed by atoms with Crippen molar-refractivity contribution in [1.82, 2.24) is 5.32 Å². The third kappa shape index (κ3) is 2.22. The van der Waals surface area contributed by atoms with E-state index >= 15 is 0 Å². The Labute approximate surface area is 112 Å². The lowest BCUT2D eigenvalue weighted by molar-refractivity contribution is 0.413. The second-order valence-corrected chi connectivity index (χ2v) is 4.72. The predicted octanol–water partition coefficient (Wildman–Crippen LogP) is 3.07. The van der Waals surface area contributed by atoms with Gasteiger partial charge in [-0.25, -0.2) is 4.39 Å². The summed E-state index contributed by atoms with van der Waals surface area (Å²) in [7, 11) is 1.66. The Kier molecular flexibility index (Phi) is 3.22. The molecule has 3 rings (SSSR count). The lowest BCUT2D eigenvalue weighted by Crippen LogP contribution is -2.31. The fraction of sp³-hybridized carbons (Fsp3) is 0.250. The van der Waals surface area contributed by atoms with Gasteiger partial charge in [-0.2, -0.15) is 0 Å². The van der Waals surface area contributed by atoms with E-state index in [-0.39, 0.29) is 11.9 Å². The first kappa shape index (κ1) is 12.2. The van der Waals surface area contributed by atoms with E-state index in [9.17, 15) is 4.39 Å². The Hall–Kier alpha value is -1.87. The Morgan fingerprint density at radius 1 is 1.16 bits per heavy atom. The fourth-order valence-electron chi connectivity index (χ4n) is 2.66. The van der Waals surface area contributed by atoms with Crippen LogP contribution in [0, 0.1) is 5.82 Å². The van der Waals surface area contributed by atoms with E-state index in [0.29, 0.717) is 5.56 Å². The molecule has 3 heteroatoms. The van der Waals surface area contributed by atoms with Gasteiger partial charge in [-0.1, -0.05) is 24.3 Å². The van der Waals surface area contributed by atoms with E-state index in [1.54, 1.807) is 13.2 Å². The standard InChI is InChI=1S/C16H16FNO/c1-19-12-6-7-13-11(10-12)8-9-18-16(13)14-4-2-3-5-15(14)17/h2-7,10,16,18H,8-9H2,1H3. The summed E-state index contributed by atoms with van der Waals surface area (Å²) in [6, 6.07) is 12.9. The molecule has 1 aliphatic heterocycles. The van der Waals surface area contributed by atoms with Crippen LogP contribution in [0.4, 0.5) is 4.39 Å². The average Bonchev–Trinajstić information content (AvgIpc) is 2.46. The Morgan fingerprint density at radius 2 is 2.00 bits per heavy atom.